The van der Waals surface area contributed by atoms with Crippen molar-refractivity contribution in [2.75, 3.05) is 25.9 Å². The van der Waals surface area contributed by atoms with E-state index in [1.54, 1.807) is 10.5 Å². The van der Waals surface area contributed by atoms with Gasteiger partial charge in [-0.1, -0.05) is 0 Å². The molecule has 1 fully saturated rings. The molecule has 112 valence electrons. The fraction of sp³-hybridized carbons (Fsp3) is 0.643. The van der Waals surface area contributed by atoms with E-state index in [0.717, 1.165) is 25.9 Å². The van der Waals surface area contributed by atoms with Crippen molar-refractivity contribution >= 4 is 10.0 Å². The maximum absolute atomic E-state index is 11.6. The van der Waals surface area contributed by atoms with Crippen molar-refractivity contribution < 1.29 is 8.42 Å². The van der Waals surface area contributed by atoms with Crippen LogP contribution in [0.1, 0.15) is 24.0 Å². The largest absolute Gasteiger partial charge is 0.312 e. The molecule has 1 aromatic rings. The third-order valence-electron chi connectivity index (χ3n) is 3.85. The molecular formula is C14H23N3O2S. The molecule has 1 unspecified atom stereocenters. The van der Waals surface area contributed by atoms with Crippen LogP contribution in [0, 0.1) is 12.8 Å². The second-order valence-corrected chi connectivity index (χ2v) is 7.54. The van der Waals surface area contributed by atoms with E-state index in [1.807, 2.05) is 12.3 Å². The maximum Gasteiger partial charge on any atom is 0.211 e. The molecule has 0 spiro atoms. The zero-order valence-corrected chi connectivity index (χ0v) is 13.0. The lowest BCUT2D eigenvalue weighted by molar-refractivity contribution is 0.261. The SMILES string of the molecule is Cc1ccncc1CNCC1CCCN(S(C)(=O)=O)C1. The fourth-order valence-corrected chi connectivity index (χ4v) is 3.53. The summed E-state index contributed by atoms with van der Waals surface area (Å²) < 4.78 is 24.7. The van der Waals surface area contributed by atoms with Crippen LogP contribution in [0.4, 0.5) is 0 Å². The van der Waals surface area contributed by atoms with Gasteiger partial charge in [-0.3, -0.25) is 4.98 Å². The molecule has 0 saturated carbocycles. The van der Waals surface area contributed by atoms with E-state index in [9.17, 15) is 8.42 Å². The van der Waals surface area contributed by atoms with Gasteiger partial charge < -0.3 is 5.32 Å². The van der Waals surface area contributed by atoms with Crippen molar-refractivity contribution in [2.45, 2.75) is 26.3 Å². The minimum absolute atomic E-state index is 0.399. The van der Waals surface area contributed by atoms with E-state index in [-0.39, 0.29) is 0 Å². The molecule has 1 N–H and O–H groups in total. The monoisotopic (exact) mass is 297 g/mol. The summed E-state index contributed by atoms with van der Waals surface area (Å²) in [4.78, 5) is 4.13. The van der Waals surface area contributed by atoms with E-state index in [2.05, 4.69) is 17.2 Å². The quantitative estimate of drug-likeness (QED) is 0.885. The molecule has 6 heteroatoms. The average molecular weight is 297 g/mol. The second-order valence-electron chi connectivity index (χ2n) is 5.56. The van der Waals surface area contributed by atoms with Gasteiger partial charge in [-0.15, -0.1) is 0 Å². The van der Waals surface area contributed by atoms with Crippen molar-refractivity contribution in [3.05, 3.63) is 29.6 Å². The van der Waals surface area contributed by atoms with Crippen LogP contribution >= 0.6 is 0 Å². The molecule has 2 rings (SSSR count). The van der Waals surface area contributed by atoms with Gasteiger partial charge in [0.2, 0.25) is 10.0 Å². The first-order chi connectivity index (χ1) is 9.47. The highest BCUT2D eigenvalue weighted by atomic mass is 32.2. The smallest absolute Gasteiger partial charge is 0.211 e. The summed E-state index contributed by atoms with van der Waals surface area (Å²) in [5.74, 6) is 0.399. The maximum atomic E-state index is 11.6. The minimum atomic E-state index is -3.05. The van der Waals surface area contributed by atoms with Crippen molar-refractivity contribution in [2.24, 2.45) is 5.92 Å². The number of aryl methyl sites for hydroxylation is 1. The van der Waals surface area contributed by atoms with Gasteiger partial charge in [0, 0.05) is 32.0 Å². The highest BCUT2D eigenvalue weighted by Gasteiger charge is 2.25. The molecule has 1 saturated heterocycles. The number of pyridine rings is 1. The molecule has 5 nitrogen and oxygen atoms in total. The number of piperidine rings is 1. The normalized spacial score (nSPS) is 21.0. The number of nitrogens with one attached hydrogen (secondary N) is 1. The van der Waals surface area contributed by atoms with Crippen LogP contribution in [-0.4, -0.2) is 43.6 Å². The van der Waals surface area contributed by atoms with Crippen LogP contribution in [0.5, 0.6) is 0 Å². The van der Waals surface area contributed by atoms with E-state index >= 15 is 0 Å². The van der Waals surface area contributed by atoms with Crippen LogP contribution in [0.25, 0.3) is 0 Å². The number of rotatable bonds is 5. The summed E-state index contributed by atoms with van der Waals surface area (Å²) in [6.45, 7) is 5.01. The zero-order valence-electron chi connectivity index (χ0n) is 12.2. The highest BCUT2D eigenvalue weighted by molar-refractivity contribution is 7.88. The fourth-order valence-electron chi connectivity index (χ4n) is 2.59. The van der Waals surface area contributed by atoms with Gasteiger partial charge in [-0.25, -0.2) is 12.7 Å². The van der Waals surface area contributed by atoms with Gasteiger partial charge in [0.05, 0.1) is 6.26 Å². The average Bonchev–Trinajstić information content (AvgIpc) is 2.40. The van der Waals surface area contributed by atoms with E-state index < -0.39 is 10.0 Å². The van der Waals surface area contributed by atoms with Crippen molar-refractivity contribution in [3.8, 4) is 0 Å². The Kier molecular flexibility index (Phi) is 5.12. The molecule has 2 heterocycles. The summed E-state index contributed by atoms with van der Waals surface area (Å²) in [6.07, 6.45) is 7.01. The van der Waals surface area contributed by atoms with Crippen molar-refractivity contribution in [1.82, 2.24) is 14.6 Å². The van der Waals surface area contributed by atoms with Crippen LogP contribution in [0.2, 0.25) is 0 Å². The topological polar surface area (TPSA) is 62.3 Å². The van der Waals surface area contributed by atoms with Crippen molar-refractivity contribution in [1.29, 1.82) is 0 Å². The van der Waals surface area contributed by atoms with E-state index in [0.29, 0.717) is 19.0 Å². The van der Waals surface area contributed by atoms with Crippen molar-refractivity contribution in [3.63, 3.8) is 0 Å². The Morgan fingerprint density at radius 2 is 2.30 bits per heavy atom. The lowest BCUT2D eigenvalue weighted by Crippen LogP contribution is -2.42. The first-order valence-electron chi connectivity index (χ1n) is 7.02. The number of hydrogen-bond acceptors (Lipinski definition) is 4. The minimum Gasteiger partial charge on any atom is -0.312 e. The Balaban J connectivity index is 1.81. The first-order valence-corrected chi connectivity index (χ1v) is 8.87. The molecule has 0 bridgehead atoms. The molecule has 1 aromatic heterocycles. The Bertz CT molecular complexity index is 545. The first kappa shape index (κ1) is 15.4. The van der Waals surface area contributed by atoms with Crippen LogP contribution < -0.4 is 5.32 Å². The molecule has 0 aromatic carbocycles. The Morgan fingerprint density at radius 1 is 1.50 bits per heavy atom. The van der Waals surface area contributed by atoms with Crippen LogP contribution in [-0.2, 0) is 16.6 Å². The summed E-state index contributed by atoms with van der Waals surface area (Å²) >= 11 is 0. The Hall–Kier alpha value is -0.980. The van der Waals surface area contributed by atoms with E-state index in [1.165, 1.54) is 17.4 Å². The predicted molar refractivity (Wildman–Crippen MR) is 79.8 cm³/mol. The summed E-state index contributed by atoms with van der Waals surface area (Å²) in [7, 11) is -3.05. The number of aromatic nitrogens is 1. The van der Waals surface area contributed by atoms with E-state index in [4.69, 9.17) is 0 Å². The van der Waals surface area contributed by atoms with Gasteiger partial charge in [-0.05, 0) is 49.4 Å². The van der Waals surface area contributed by atoms with Gasteiger partial charge in [-0.2, -0.15) is 0 Å². The summed E-state index contributed by atoms with van der Waals surface area (Å²) in [5, 5.41) is 3.42. The molecule has 20 heavy (non-hydrogen) atoms. The van der Waals surface area contributed by atoms with Crippen LogP contribution in [0.15, 0.2) is 18.5 Å². The van der Waals surface area contributed by atoms with Gasteiger partial charge >= 0.3 is 0 Å². The molecule has 1 aliphatic rings. The molecule has 0 radical (unpaired) electrons. The molecule has 1 aliphatic heterocycles. The van der Waals surface area contributed by atoms with Crippen LogP contribution in [0.3, 0.4) is 0 Å². The highest BCUT2D eigenvalue weighted by Crippen LogP contribution is 2.18. The second kappa shape index (κ2) is 6.65. The molecule has 0 amide bonds. The lowest BCUT2D eigenvalue weighted by Gasteiger charge is -2.31. The Labute approximate surface area is 121 Å². The molecule has 0 aliphatic carbocycles. The molecular weight excluding hydrogens is 274 g/mol. The lowest BCUT2D eigenvalue weighted by atomic mass is 9.99. The van der Waals surface area contributed by atoms with Gasteiger partial charge in [0.1, 0.15) is 0 Å². The predicted octanol–water partition coefficient (Wildman–Crippen LogP) is 1.15. The summed E-state index contributed by atoms with van der Waals surface area (Å²) in [6, 6.07) is 2.00. The standard InChI is InChI=1S/C14H23N3O2S/c1-12-5-6-15-9-14(12)10-16-8-13-4-3-7-17(11-13)20(2,18)19/h5-6,9,13,16H,3-4,7-8,10-11H2,1-2H3. The number of hydrogen-bond donors (Lipinski definition) is 1. The third kappa shape index (κ3) is 4.26. The summed E-state index contributed by atoms with van der Waals surface area (Å²) in [5.41, 5.74) is 2.43. The van der Waals surface area contributed by atoms with Gasteiger partial charge in [0.25, 0.3) is 0 Å². The number of sulfonamides is 1. The van der Waals surface area contributed by atoms with Gasteiger partial charge in [0.15, 0.2) is 0 Å². The molecule has 1 atom stereocenters. The zero-order chi connectivity index (χ0) is 14.6. The Morgan fingerprint density at radius 3 is 3.00 bits per heavy atom. The third-order valence-corrected chi connectivity index (χ3v) is 5.12. The number of nitrogens with zero attached hydrogens (tertiary/aromatic N) is 2.